The van der Waals surface area contributed by atoms with Crippen LogP contribution in [0.15, 0.2) is 0 Å². The lowest BCUT2D eigenvalue weighted by Crippen LogP contribution is -2.53. The number of hydrogen-bond donors (Lipinski definition) is 3. The number of carboxylic acid groups (broad SMARTS) is 1. The van der Waals surface area contributed by atoms with E-state index < -0.39 is 30.0 Å². The Kier molecular flexibility index (Phi) is 13.1. The molecule has 8 heteroatoms. The van der Waals surface area contributed by atoms with Crippen LogP contribution >= 0.6 is 12.4 Å². The third-order valence-corrected chi connectivity index (χ3v) is 4.90. The molecule has 1 aliphatic rings. The van der Waals surface area contributed by atoms with Gasteiger partial charge < -0.3 is 15.2 Å². The zero-order chi connectivity index (χ0) is 19.5. The van der Waals surface area contributed by atoms with Gasteiger partial charge in [0.1, 0.15) is 12.1 Å². The molecule has 0 aromatic heterocycles. The predicted octanol–water partition coefficient (Wildman–Crippen LogP) is 2.66. The van der Waals surface area contributed by atoms with E-state index in [1.165, 1.54) is 6.42 Å². The van der Waals surface area contributed by atoms with Crippen molar-refractivity contribution in [3.8, 4) is 0 Å². The van der Waals surface area contributed by atoms with Gasteiger partial charge in [-0.05, 0) is 32.6 Å². The van der Waals surface area contributed by atoms with Crippen molar-refractivity contribution in [3.05, 3.63) is 0 Å². The number of aliphatic carboxylic acids is 1. The summed E-state index contributed by atoms with van der Waals surface area (Å²) in [6.07, 6.45) is 7.29. The van der Waals surface area contributed by atoms with Crippen LogP contribution in [0.1, 0.15) is 72.1 Å². The second kappa shape index (κ2) is 13.8. The molecule has 158 valence electrons. The number of hydrogen-bond acceptors (Lipinski definition) is 5. The highest BCUT2D eigenvalue weighted by atomic mass is 35.5. The van der Waals surface area contributed by atoms with E-state index in [2.05, 4.69) is 10.6 Å². The molecule has 1 fully saturated rings. The van der Waals surface area contributed by atoms with Gasteiger partial charge in [0.2, 0.25) is 5.91 Å². The van der Waals surface area contributed by atoms with Crippen molar-refractivity contribution in [1.29, 1.82) is 0 Å². The largest absolute Gasteiger partial charge is 0.480 e. The number of carbonyl (C=O) groups excluding carboxylic acids is 2. The summed E-state index contributed by atoms with van der Waals surface area (Å²) in [5.41, 5.74) is 0. The molecule has 0 aliphatic heterocycles. The van der Waals surface area contributed by atoms with E-state index in [0.29, 0.717) is 18.8 Å². The maximum atomic E-state index is 12.4. The van der Waals surface area contributed by atoms with Crippen molar-refractivity contribution < 1.29 is 24.2 Å². The van der Waals surface area contributed by atoms with E-state index in [4.69, 9.17) is 4.74 Å². The molecular weight excluding hydrogens is 372 g/mol. The Morgan fingerprint density at radius 2 is 1.74 bits per heavy atom. The number of amides is 1. The second-order valence-corrected chi connectivity index (χ2v) is 7.12. The summed E-state index contributed by atoms with van der Waals surface area (Å²) in [6.45, 7) is 5.60. The van der Waals surface area contributed by atoms with Gasteiger partial charge in [-0.1, -0.05) is 45.4 Å². The van der Waals surface area contributed by atoms with Gasteiger partial charge in [0.05, 0.1) is 12.6 Å². The first-order valence-corrected chi connectivity index (χ1v) is 9.84. The molecule has 0 unspecified atom stereocenters. The highest BCUT2D eigenvalue weighted by molar-refractivity contribution is 5.87. The minimum Gasteiger partial charge on any atom is -0.480 e. The molecule has 0 heterocycles. The van der Waals surface area contributed by atoms with Crippen LogP contribution in [0.3, 0.4) is 0 Å². The van der Waals surface area contributed by atoms with Gasteiger partial charge in [-0.25, -0.2) is 4.79 Å². The summed E-state index contributed by atoms with van der Waals surface area (Å²) >= 11 is 0. The average molecular weight is 407 g/mol. The fraction of sp³-hybridized carbons (Fsp3) is 0.842. The Morgan fingerprint density at radius 3 is 2.26 bits per heavy atom. The highest BCUT2D eigenvalue weighted by Gasteiger charge is 2.29. The Labute approximate surface area is 168 Å². The molecule has 1 rings (SSSR count). The highest BCUT2D eigenvalue weighted by Crippen LogP contribution is 2.27. The number of nitrogens with one attached hydrogen (secondary N) is 2. The number of rotatable bonds is 11. The summed E-state index contributed by atoms with van der Waals surface area (Å²) in [4.78, 5) is 35.9. The van der Waals surface area contributed by atoms with Crippen molar-refractivity contribution in [1.82, 2.24) is 10.6 Å². The molecule has 0 aromatic carbocycles. The van der Waals surface area contributed by atoms with Crippen LogP contribution in [0.25, 0.3) is 0 Å². The standard InChI is InChI=1S/C19H34N2O5.ClH/c1-4-9-15(19(25)26-5-2)20-13(3)17(22)21-16(18(23)24)12-14-10-7-6-8-11-14;/h13-16,20H,4-12H2,1-3H3,(H,21,22)(H,23,24);1H/t13-,15-,16-;/m0./s1. The maximum Gasteiger partial charge on any atom is 0.326 e. The second-order valence-electron chi connectivity index (χ2n) is 7.12. The van der Waals surface area contributed by atoms with Crippen LogP contribution in [-0.4, -0.2) is 47.7 Å². The zero-order valence-corrected chi connectivity index (χ0v) is 17.5. The number of halogens is 1. The van der Waals surface area contributed by atoms with E-state index >= 15 is 0 Å². The molecule has 1 amide bonds. The van der Waals surface area contributed by atoms with Crippen LogP contribution in [0.4, 0.5) is 0 Å². The molecule has 1 saturated carbocycles. The first-order chi connectivity index (χ1) is 12.4. The molecule has 0 saturated heterocycles. The zero-order valence-electron chi connectivity index (χ0n) is 16.7. The first-order valence-electron chi connectivity index (χ1n) is 9.84. The third kappa shape index (κ3) is 9.42. The monoisotopic (exact) mass is 406 g/mol. The van der Waals surface area contributed by atoms with Crippen LogP contribution in [0, 0.1) is 5.92 Å². The smallest absolute Gasteiger partial charge is 0.326 e. The van der Waals surface area contributed by atoms with Gasteiger partial charge in [0, 0.05) is 0 Å². The van der Waals surface area contributed by atoms with Crippen molar-refractivity contribution in [2.45, 2.75) is 90.3 Å². The Balaban J connectivity index is 0.00000676. The van der Waals surface area contributed by atoms with Crippen LogP contribution in [-0.2, 0) is 19.1 Å². The van der Waals surface area contributed by atoms with Gasteiger partial charge in [0.25, 0.3) is 0 Å². The summed E-state index contributed by atoms with van der Waals surface area (Å²) in [5.74, 6) is -1.45. The number of carboxylic acids is 1. The van der Waals surface area contributed by atoms with Crippen molar-refractivity contribution in [2.75, 3.05) is 6.61 Å². The maximum absolute atomic E-state index is 12.4. The predicted molar refractivity (Wildman–Crippen MR) is 106 cm³/mol. The molecule has 7 nitrogen and oxygen atoms in total. The lowest BCUT2D eigenvalue weighted by atomic mass is 9.85. The summed E-state index contributed by atoms with van der Waals surface area (Å²) in [7, 11) is 0. The lowest BCUT2D eigenvalue weighted by Gasteiger charge is -2.26. The van der Waals surface area contributed by atoms with Crippen LogP contribution < -0.4 is 10.6 Å². The first kappa shape index (κ1) is 25.7. The molecule has 0 aromatic rings. The summed E-state index contributed by atoms with van der Waals surface area (Å²) in [5, 5.41) is 15.0. The molecule has 3 atom stereocenters. The quantitative estimate of drug-likeness (QED) is 0.455. The Morgan fingerprint density at radius 1 is 1.11 bits per heavy atom. The fourth-order valence-electron chi connectivity index (χ4n) is 3.45. The summed E-state index contributed by atoms with van der Waals surface area (Å²) in [6, 6.07) is -2.13. The van der Waals surface area contributed by atoms with Gasteiger partial charge in [0.15, 0.2) is 0 Å². The van der Waals surface area contributed by atoms with E-state index in [9.17, 15) is 19.5 Å². The molecular formula is C19H35ClN2O5. The average Bonchev–Trinajstić information content (AvgIpc) is 2.61. The van der Waals surface area contributed by atoms with Crippen LogP contribution in [0.2, 0.25) is 0 Å². The van der Waals surface area contributed by atoms with Gasteiger partial charge >= 0.3 is 11.9 Å². The van der Waals surface area contributed by atoms with E-state index in [1.54, 1.807) is 13.8 Å². The SMILES string of the molecule is CCC[C@H](N[C@@H](C)C(=O)N[C@@H](CC1CCCCC1)C(=O)O)C(=O)OCC.Cl. The topological polar surface area (TPSA) is 105 Å². The number of ether oxygens (including phenoxy) is 1. The number of esters is 1. The minimum absolute atomic E-state index is 0. The van der Waals surface area contributed by atoms with Gasteiger partial charge in [-0.15, -0.1) is 12.4 Å². The fourth-order valence-corrected chi connectivity index (χ4v) is 3.45. The van der Waals surface area contributed by atoms with Crippen molar-refractivity contribution >= 4 is 30.3 Å². The van der Waals surface area contributed by atoms with Crippen molar-refractivity contribution in [2.24, 2.45) is 5.92 Å². The van der Waals surface area contributed by atoms with E-state index in [1.807, 2.05) is 6.92 Å². The van der Waals surface area contributed by atoms with Gasteiger partial charge in [-0.3, -0.25) is 14.9 Å². The van der Waals surface area contributed by atoms with Gasteiger partial charge in [-0.2, -0.15) is 0 Å². The van der Waals surface area contributed by atoms with E-state index in [0.717, 1.165) is 32.1 Å². The molecule has 0 spiro atoms. The molecule has 3 N–H and O–H groups in total. The molecule has 0 bridgehead atoms. The normalized spacial score (nSPS) is 17.9. The van der Waals surface area contributed by atoms with Crippen LogP contribution in [0.5, 0.6) is 0 Å². The Bertz CT molecular complexity index is 469. The van der Waals surface area contributed by atoms with Crippen molar-refractivity contribution in [3.63, 3.8) is 0 Å². The number of carbonyl (C=O) groups is 3. The summed E-state index contributed by atoms with van der Waals surface area (Å²) < 4.78 is 5.03. The minimum atomic E-state index is -1.01. The Hall–Kier alpha value is -1.34. The molecule has 0 radical (unpaired) electrons. The lowest BCUT2D eigenvalue weighted by molar-refractivity contribution is -0.147. The molecule has 27 heavy (non-hydrogen) atoms. The third-order valence-electron chi connectivity index (χ3n) is 4.90. The van der Waals surface area contributed by atoms with E-state index in [-0.39, 0.29) is 25.0 Å². The molecule has 1 aliphatic carbocycles.